The molecular weight excluding hydrogens is 452 g/mol. The molecule has 0 aliphatic rings. The summed E-state index contributed by atoms with van der Waals surface area (Å²) < 4.78 is 23.8. The maximum atomic E-state index is 6.32. The smallest absolute Gasteiger partial charge is 0.199 e. The van der Waals surface area contributed by atoms with Gasteiger partial charge in [-0.15, -0.1) is 0 Å². The lowest BCUT2D eigenvalue weighted by Gasteiger charge is -2.21. The second-order valence-corrected chi connectivity index (χ2v) is 9.23. The maximum Gasteiger partial charge on any atom is 0.199 e. The molecule has 36 heavy (non-hydrogen) atoms. The van der Waals surface area contributed by atoms with Crippen LogP contribution in [0.25, 0.3) is 11.4 Å². The molecule has 0 radical (unpaired) electrons. The first-order chi connectivity index (χ1) is 17.8. The van der Waals surface area contributed by atoms with E-state index in [1.807, 2.05) is 24.3 Å². The van der Waals surface area contributed by atoms with Gasteiger partial charge in [-0.05, 0) is 50.7 Å². The van der Waals surface area contributed by atoms with Crippen LogP contribution in [0.2, 0.25) is 0 Å². The van der Waals surface area contributed by atoms with E-state index in [4.69, 9.17) is 18.9 Å². The molecule has 1 unspecified atom stereocenters. The molecule has 0 amide bonds. The Kier molecular flexibility index (Phi) is 16.6. The number of benzene rings is 1. The lowest BCUT2D eigenvalue weighted by atomic mass is 10.1. The lowest BCUT2D eigenvalue weighted by molar-refractivity contribution is -0.0859. The lowest BCUT2D eigenvalue weighted by Crippen LogP contribution is -2.21. The van der Waals surface area contributed by atoms with E-state index in [-0.39, 0.29) is 6.29 Å². The molecule has 1 heterocycles. The Hall–Kier alpha value is -2.18. The minimum Gasteiger partial charge on any atom is -0.490 e. The van der Waals surface area contributed by atoms with E-state index in [2.05, 4.69) is 30.7 Å². The van der Waals surface area contributed by atoms with Gasteiger partial charge in [0, 0.05) is 19.6 Å². The van der Waals surface area contributed by atoms with Gasteiger partial charge in [0.2, 0.25) is 0 Å². The molecule has 1 atom stereocenters. The molecule has 0 spiro atoms. The summed E-state index contributed by atoms with van der Waals surface area (Å²) in [5.74, 6) is 2.07. The fourth-order valence-electron chi connectivity index (χ4n) is 3.72. The molecule has 6 heteroatoms. The number of rotatable bonds is 22. The van der Waals surface area contributed by atoms with Gasteiger partial charge in [0.05, 0.1) is 31.2 Å². The highest BCUT2D eigenvalue weighted by Gasteiger charge is 2.15. The fraction of sp³-hybridized carbons (Fsp3) is 0.667. The number of unbranched alkanes of at least 4 members (excludes halogenated alkanes) is 7. The molecule has 1 aromatic carbocycles. The van der Waals surface area contributed by atoms with Crippen molar-refractivity contribution in [3.63, 3.8) is 0 Å². The summed E-state index contributed by atoms with van der Waals surface area (Å²) in [6.45, 7) is 9.70. The Morgan fingerprint density at radius 1 is 0.694 bits per heavy atom. The third kappa shape index (κ3) is 12.7. The zero-order valence-electron chi connectivity index (χ0n) is 22.9. The molecular formula is C30H48N2O4. The van der Waals surface area contributed by atoms with E-state index < -0.39 is 0 Å². The van der Waals surface area contributed by atoms with Gasteiger partial charge in [-0.1, -0.05) is 65.0 Å². The van der Waals surface area contributed by atoms with Crippen LogP contribution >= 0.6 is 0 Å². The summed E-state index contributed by atoms with van der Waals surface area (Å²) in [7, 11) is 0. The number of aromatic nitrogens is 2. The zero-order chi connectivity index (χ0) is 25.7. The van der Waals surface area contributed by atoms with Crippen LogP contribution in [0.4, 0.5) is 0 Å². The van der Waals surface area contributed by atoms with Gasteiger partial charge in [0.25, 0.3) is 0 Å². The Balaban J connectivity index is 1.82. The third-order valence-electron chi connectivity index (χ3n) is 5.95. The van der Waals surface area contributed by atoms with Gasteiger partial charge in [-0.2, -0.15) is 0 Å². The topological polar surface area (TPSA) is 62.7 Å². The third-order valence-corrected chi connectivity index (χ3v) is 5.95. The van der Waals surface area contributed by atoms with Crippen molar-refractivity contribution in [2.45, 2.75) is 104 Å². The van der Waals surface area contributed by atoms with E-state index >= 15 is 0 Å². The Bertz CT molecular complexity index is 775. The van der Waals surface area contributed by atoms with E-state index in [1.54, 1.807) is 12.4 Å². The Labute approximate surface area is 219 Å². The monoisotopic (exact) mass is 500 g/mol. The highest BCUT2D eigenvalue weighted by molar-refractivity contribution is 5.63. The van der Waals surface area contributed by atoms with Crippen LogP contribution in [0.5, 0.6) is 11.5 Å². The largest absolute Gasteiger partial charge is 0.490 e. The molecule has 0 fully saturated rings. The predicted molar refractivity (Wildman–Crippen MR) is 147 cm³/mol. The summed E-state index contributed by atoms with van der Waals surface area (Å²) in [4.78, 5) is 9.12. The molecule has 2 rings (SSSR count). The van der Waals surface area contributed by atoms with E-state index in [0.717, 1.165) is 75.9 Å². The van der Waals surface area contributed by atoms with Crippen LogP contribution in [0.1, 0.15) is 97.8 Å². The highest BCUT2D eigenvalue weighted by Crippen LogP contribution is 2.29. The van der Waals surface area contributed by atoms with Crippen molar-refractivity contribution in [3.05, 3.63) is 36.7 Å². The Morgan fingerprint density at radius 2 is 1.36 bits per heavy atom. The van der Waals surface area contributed by atoms with Crippen LogP contribution < -0.4 is 9.47 Å². The average molecular weight is 501 g/mol. The first-order valence-corrected chi connectivity index (χ1v) is 14.2. The van der Waals surface area contributed by atoms with Crippen molar-refractivity contribution in [1.82, 2.24) is 9.97 Å². The Morgan fingerprint density at radius 3 is 2.11 bits per heavy atom. The summed E-state index contributed by atoms with van der Waals surface area (Å²) in [6.07, 6.45) is 16.5. The summed E-state index contributed by atoms with van der Waals surface area (Å²) in [6, 6.07) is 7.91. The van der Waals surface area contributed by atoms with E-state index in [0.29, 0.717) is 24.8 Å². The molecule has 2 aromatic rings. The SMILES string of the molecule is CCCCCC(OCCCC)Oc1ccccc1-c1ncc(OCCCCCCOCCCC)cn1. The van der Waals surface area contributed by atoms with Crippen LogP contribution in [-0.4, -0.2) is 42.7 Å². The second-order valence-electron chi connectivity index (χ2n) is 9.23. The normalized spacial score (nSPS) is 12.0. The van der Waals surface area contributed by atoms with E-state index in [9.17, 15) is 0 Å². The van der Waals surface area contributed by atoms with Gasteiger partial charge in [0.1, 0.15) is 5.75 Å². The van der Waals surface area contributed by atoms with Crippen LogP contribution in [-0.2, 0) is 9.47 Å². The number of hydrogen-bond acceptors (Lipinski definition) is 6. The quantitative estimate of drug-likeness (QED) is 0.121. The van der Waals surface area contributed by atoms with Gasteiger partial charge in [0.15, 0.2) is 17.9 Å². The molecule has 0 bridgehead atoms. The number of para-hydroxylation sites is 1. The van der Waals surface area contributed by atoms with Gasteiger partial charge < -0.3 is 18.9 Å². The summed E-state index contributed by atoms with van der Waals surface area (Å²) in [5, 5.41) is 0. The second kappa shape index (κ2) is 19.9. The average Bonchev–Trinajstić information content (AvgIpc) is 2.90. The summed E-state index contributed by atoms with van der Waals surface area (Å²) >= 11 is 0. The zero-order valence-corrected chi connectivity index (χ0v) is 22.9. The molecule has 202 valence electrons. The van der Waals surface area contributed by atoms with Gasteiger partial charge in [-0.3, -0.25) is 0 Å². The maximum absolute atomic E-state index is 6.32. The van der Waals surface area contributed by atoms with Crippen molar-refractivity contribution >= 4 is 0 Å². The van der Waals surface area contributed by atoms with Crippen LogP contribution in [0, 0.1) is 0 Å². The first-order valence-electron chi connectivity index (χ1n) is 14.2. The number of hydrogen-bond donors (Lipinski definition) is 0. The predicted octanol–water partition coefficient (Wildman–Crippen LogP) is 8.00. The minimum absolute atomic E-state index is 0.255. The number of ether oxygens (including phenoxy) is 4. The molecule has 0 aliphatic heterocycles. The molecule has 0 N–H and O–H groups in total. The highest BCUT2D eigenvalue weighted by atomic mass is 16.7. The van der Waals surface area contributed by atoms with Crippen molar-refractivity contribution in [3.8, 4) is 22.9 Å². The van der Waals surface area contributed by atoms with Gasteiger partial charge in [-0.25, -0.2) is 9.97 Å². The molecule has 6 nitrogen and oxygen atoms in total. The molecule has 0 aliphatic carbocycles. The van der Waals surface area contributed by atoms with Gasteiger partial charge >= 0.3 is 0 Å². The molecule has 0 saturated carbocycles. The standard InChI is InChI=1S/C30H48N2O4/c1-4-7-12-19-29(35-22-9-6-3)36-28-18-14-13-17-27(28)30-31-24-26(25-32-30)34-23-16-11-10-15-21-33-20-8-5-2/h13-14,17-18,24-25,29H,4-12,15-16,19-23H2,1-3H3. The molecule has 1 aromatic heterocycles. The first kappa shape index (κ1) is 30.0. The van der Waals surface area contributed by atoms with Crippen LogP contribution in [0.3, 0.4) is 0 Å². The van der Waals surface area contributed by atoms with E-state index in [1.165, 1.54) is 25.7 Å². The van der Waals surface area contributed by atoms with Crippen molar-refractivity contribution in [2.75, 3.05) is 26.4 Å². The van der Waals surface area contributed by atoms with Crippen LogP contribution in [0.15, 0.2) is 36.7 Å². The van der Waals surface area contributed by atoms with Crippen molar-refractivity contribution in [1.29, 1.82) is 0 Å². The molecule has 0 saturated heterocycles. The van der Waals surface area contributed by atoms with Crippen molar-refractivity contribution < 1.29 is 18.9 Å². The fourth-order valence-corrected chi connectivity index (χ4v) is 3.72. The summed E-state index contributed by atoms with van der Waals surface area (Å²) in [5.41, 5.74) is 0.866. The minimum atomic E-state index is -0.255. The number of nitrogens with zero attached hydrogens (tertiary/aromatic N) is 2. The van der Waals surface area contributed by atoms with Crippen molar-refractivity contribution in [2.24, 2.45) is 0 Å².